The van der Waals surface area contributed by atoms with Crippen LogP contribution >= 0.6 is 11.6 Å². The molecule has 38 heavy (non-hydrogen) atoms. The van der Waals surface area contributed by atoms with Crippen LogP contribution in [0.1, 0.15) is 39.6 Å². The van der Waals surface area contributed by atoms with Gasteiger partial charge in [0.25, 0.3) is 11.5 Å². The number of aromatic nitrogens is 1. The molecule has 0 bridgehead atoms. The number of piperazine rings is 1. The number of hydrogen-bond donors (Lipinski definition) is 0. The van der Waals surface area contributed by atoms with E-state index >= 15 is 0 Å². The van der Waals surface area contributed by atoms with Crippen LogP contribution in [0.15, 0.2) is 47.3 Å². The third-order valence-electron chi connectivity index (χ3n) is 6.83. The van der Waals surface area contributed by atoms with Gasteiger partial charge in [-0.05, 0) is 77.3 Å². The quantitative estimate of drug-likeness (QED) is 0.403. The number of carbonyl (C=O) groups is 2. The van der Waals surface area contributed by atoms with Crippen LogP contribution in [-0.4, -0.2) is 79.7 Å². The lowest BCUT2D eigenvalue weighted by molar-refractivity contribution is 0.0523. The molecule has 0 spiro atoms. The number of benzene rings is 2. The monoisotopic (exact) mass is 538 g/mol. The molecule has 2 aromatic carbocycles. The van der Waals surface area contributed by atoms with Crippen LogP contribution in [-0.2, 0) is 11.3 Å². The number of amides is 1. The molecule has 2 heterocycles. The summed E-state index contributed by atoms with van der Waals surface area (Å²) in [5.74, 6) is -0.680. The molecule has 202 valence electrons. The molecule has 0 saturated carbocycles. The smallest absolute Gasteiger partial charge is 0.345 e. The third kappa shape index (κ3) is 5.87. The maximum absolute atomic E-state index is 13.9. The zero-order valence-corrected chi connectivity index (χ0v) is 23.3. The van der Waals surface area contributed by atoms with Crippen molar-refractivity contribution in [3.63, 3.8) is 0 Å². The molecule has 1 saturated heterocycles. The number of aryl methyl sites for hydroxylation is 2. The zero-order valence-electron chi connectivity index (χ0n) is 22.5. The number of halogens is 1. The van der Waals surface area contributed by atoms with E-state index in [2.05, 4.69) is 4.90 Å². The summed E-state index contributed by atoms with van der Waals surface area (Å²) in [4.78, 5) is 46.0. The summed E-state index contributed by atoms with van der Waals surface area (Å²) >= 11 is 5.98. The SMILES string of the molecule is CCOC(=O)c1c(N2CCN(C(=O)c3ccc(Cl)cc3)CC2)c2cc(C)ccc2n(CCCN(C)C)c1=O. The molecule has 0 radical (unpaired) electrons. The molecular weight excluding hydrogens is 504 g/mol. The summed E-state index contributed by atoms with van der Waals surface area (Å²) in [6.45, 7) is 7.11. The minimum Gasteiger partial charge on any atom is -0.462 e. The molecular formula is C29H35ClN4O4. The molecule has 0 aliphatic carbocycles. The fraction of sp³-hybridized carbons (Fsp3) is 0.414. The fourth-order valence-corrected chi connectivity index (χ4v) is 5.07. The molecule has 1 aliphatic rings. The fourth-order valence-electron chi connectivity index (χ4n) is 4.95. The van der Waals surface area contributed by atoms with Crippen molar-refractivity contribution < 1.29 is 14.3 Å². The van der Waals surface area contributed by atoms with Gasteiger partial charge in [-0.3, -0.25) is 9.59 Å². The van der Waals surface area contributed by atoms with E-state index < -0.39 is 5.97 Å². The minimum atomic E-state index is -0.614. The molecule has 0 unspecified atom stereocenters. The molecule has 1 aliphatic heterocycles. The number of pyridine rings is 1. The third-order valence-corrected chi connectivity index (χ3v) is 7.09. The Morgan fingerprint density at radius 2 is 1.71 bits per heavy atom. The minimum absolute atomic E-state index is 0.0623. The van der Waals surface area contributed by atoms with Crippen LogP contribution < -0.4 is 10.5 Å². The van der Waals surface area contributed by atoms with E-state index in [-0.39, 0.29) is 23.6 Å². The lowest BCUT2D eigenvalue weighted by Gasteiger charge is -2.37. The molecule has 4 rings (SSSR count). The largest absolute Gasteiger partial charge is 0.462 e. The molecule has 1 amide bonds. The van der Waals surface area contributed by atoms with E-state index in [0.29, 0.717) is 49.0 Å². The van der Waals surface area contributed by atoms with Gasteiger partial charge >= 0.3 is 5.97 Å². The van der Waals surface area contributed by atoms with Crippen LogP contribution in [0.3, 0.4) is 0 Å². The van der Waals surface area contributed by atoms with Gasteiger partial charge in [-0.15, -0.1) is 0 Å². The van der Waals surface area contributed by atoms with Gasteiger partial charge in [-0.25, -0.2) is 4.79 Å². The second kappa shape index (κ2) is 12.0. The Kier molecular flexibility index (Phi) is 8.74. The second-order valence-electron chi connectivity index (χ2n) is 9.86. The van der Waals surface area contributed by atoms with Crippen molar-refractivity contribution in [2.24, 2.45) is 0 Å². The summed E-state index contributed by atoms with van der Waals surface area (Å²) in [5, 5.41) is 1.42. The first kappa shape index (κ1) is 27.7. The number of anilines is 1. The Balaban J connectivity index is 1.73. The Labute approximate surface area is 228 Å². The highest BCUT2D eigenvalue weighted by molar-refractivity contribution is 6.30. The Morgan fingerprint density at radius 1 is 1.03 bits per heavy atom. The van der Waals surface area contributed by atoms with Crippen molar-refractivity contribution >= 4 is 40.1 Å². The van der Waals surface area contributed by atoms with Crippen LogP contribution in [0, 0.1) is 6.92 Å². The van der Waals surface area contributed by atoms with E-state index in [1.54, 1.807) is 40.7 Å². The van der Waals surface area contributed by atoms with Gasteiger partial charge in [0.15, 0.2) is 0 Å². The number of nitrogens with zero attached hydrogens (tertiary/aromatic N) is 4. The van der Waals surface area contributed by atoms with Crippen LogP contribution in [0.2, 0.25) is 5.02 Å². The van der Waals surface area contributed by atoms with Gasteiger partial charge in [0.2, 0.25) is 0 Å². The van der Waals surface area contributed by atoms with E-state index in [9.17, 15) is 14.4 Å². The summed E-state index contributed by atoms with van der Waals surface area (Å²) in [5.41, 5.74) is 2.72. The standard InChI is InChI=1S/C29H35ClN4O4/c1-5-38-29(37)25-26(32-15-17-33(18-16-32)27(35)21-8-10-22(30)11-9-21)23-19-20(2)7-12-24(23)34(28(25)36)14-6-13-31(3)4/h7-12,19H,5-6,13-18H2,1-4H3. The van der Waals surface area contributed by atoms with Gasteiger partial charge in [0.1, 0.15) is 5.56 Å². The number of hydrogen-bond acceptors (Lipinski definition) is 6. The average molecular weight is 539 g/mol. The molecule has 0 atom stereocenters. The molecule has 9 heteroatoms. The highest BCUT2D eigenvalue weighted by Crippen LogP contribution is 2.32. The van der Waals surface area contributed by atoms with Crippen molar-refractivity contribution in [1.29, 1.82) is 0 Å². The van der Waals surface area contributed by atoms with E-state index in [0.717, 1.165) is 29.4 Å². The highest BCUT2D eigenvalue weighted by atomic mass is 35.5. The molecule has 1 fully saturated rings. The molecule has 1 aromatic heterocycles. The number of fused-ring (bicyclic) bond motifs is 1. The number of ether oxygens (including phenoxy) is 1. The molecule has 8 nitrogen and oxygen atoms in total. The lowest BCUT2D eigenvalue weighted by atomic mass is 10.0. The van der Waals surface area contributed by atoms with Crippen molar-refractivity contribution in [3.8, 4) is 0 Å². The van der Waals surface area contributed by atoms with E-state index in [1.165, 1.54) is 0 Å². The van der Waals surface area contributed by atoms with Gasteiger partial charge in [-0.1, -0.05) is 23.2 Å². The summed E-state index contributed by atoms with van der Waals surface area (Å²) in [6, 6.07) is 12.8. The van der Waals surface area contributed by atoms with Crippen molar-refractivity contribution in [1.82, 2.24) is 14.4 Å². The number of carbonyl (C=O) groups excluding carboxylic acids is 2. The van der Waals surface area contributed by atoms with Gasteiger partial charge < -0.3 is 24.0 Å². The Morgan fingerprint density at radius 3 is 2.34 bits per heavy atom. The van der Waals surface area contributed by atoms with E-state index in [4.69, 9.17) is 16.3 Å². The Hall–Kier alpha value is -3.36. The Bertz CT molecular complexity index is 1380. The van der Waals surface area contributed by atoms with Crippen molar-refractivity contribution in [2.45, 2.75) is 26.8 Å². The predicted octanol–water partition coefficient (Wildman–Crippen LogP) is 4.05. The zero-order chi connectivity index (χ0) is 27.4. The number of rotatable bonds is 8. The lowest BCUT2D eigenvalue weighted by Crippen LogP contribution is -2.49. The maximum Gasteiger partial charge on any atom is 0.345 e. The summed E-state index contributed by atoms with van der Waals surface area (Å²) in [7, 11) is 3.99. The second-order valence-corrected chi connectivity index (χ2v) is 10.3. The summed E-state index contributed by atoms with van der Waals surface area (Å²) < 4.78 is 7.08. The molecule has 3 aromatic rings. The predicted molar refractivity (Wildman–Crippen MR) is 152 cm³/mol. The van der Waals surface area contributed by atoms with Crippen LogP contribution in [0.25, 0.3) is 10.9 Å². The topological polar surface area (TPSA) is 75.1 Å². The van der Waals surface area contributed by atoms with Crippen LogP contribution in [0.5, 0.6) is 0 Å². The number of esters is 1. The van der Waals surface area contributed by atoms with Gasteiger partial charge in [-0.2, -0.15) is 0 Å². The first-order chi connectivity index (χ1) is 18.2. The van der Waals surface area contributed by atoms with Crippen LogP contribution in [0.4, 0.5) is 5.69 Å². The summed E-state index contributed by atoms with van der Waals surface area (Å²) in [6.07, 6.45) is 0.767. The highest BCUT2D eigenvalue weighted by Gasteiger charge is 2.30. The first-order valence-electron chi connectivity index (χ1n) is 13.0. The maximum atomic E-state index is 13.9. The van der Waals surface area contributed by atoms with Crippen molar-refractivity contribution in [3.05, 3.63) is 74.5 Å². The molecule has 0 N–H and O–H groups in total. The van der Waals surface area contributed by atoms with Gasteiger partial charge in [0, 0.05) is 48.7 Å². The van der Waals surface area contributed by atoms with E-state index in [1.807, 2.05) is 44.1 Å². The van der Waals surface area contributed by atoms with Gasteiger partial charge in [0.05, 0.1) is 17.8 Å². The first-order valence-corrected chi connectivity index (χ1v) is 13.4. The van der Waals surface area contributed by atoms with Crippen molar-refractivity contribution in [2.75, 3.05) is 58.3 Å². The average Bonchev–Trinajstić information content (AvgIpc) is 2.89. The normalized spacial score (nSPS) is 13.8.